The SMILES string of the molecule is CN=C(Nc1ccc(Br)c(C(F)(F)F)c1)C(C)(C)OC(C)=O. The van der Waals surface area contributed by atoms with Crippen molar-refractivity contribution in [2.24, 2.45) is 4.99 Å². The molecule has 0 aliphatic carbocycles. The van der Waals surface area contributed by atoms with Crippen LogP contribution in [0.2, 0.25) is 0 Å². The van der Waals surface area contributed by atoms with Crippen molar-refractivity contribution in [3.63, 3.8) is 0 Å². The summed E-state index contributed by atoms with van der Waals surface area (Å²) in [5, 5.41) is 2.77. The molecule has 0 atom stereocenters. The van der Waals surface area contributed by atoms with E-state index in [2.05, 4.69) is 26.2 Å². The summed E-state index contributed by atoms with van der Waals surface area (Å²) in [4.78, 5) is 15.1. The highest BCUT2D eigenvalue weighted by Gasteiger charge is 2.34. The Kier molecular flexibility index (Phi) is 5.61. The molecular weight excluding hydrogens is 365 g/mol. The molecule has 8 heteroatoms. The van der Waals surface area contributed by atoms with Gasteiger partial charge in [-0.1, -0.05) is 15.9 Å². The first-order valence-electron chi connectivity index (χ1n) is 6.28. The molecule has 0 aromatic heterocycles. The van der Waals surface area contributed by atoms with Crippen molar-refractivity contribution in [2.75, 3.05) is 12.4 Å². The van der Waals surface area contributed by atoms with Gasteiger partial charge in [-0.25, -0.2) is 0 Å². The number of aliphatic imine (C=N–C) groups is 1. The number of benzene rings is 1. The van der Waals surface area contributed by atoms with E-state index in [1.54, 1.807) is 13.8 Å². The highest BCUT2D eigenvalue weighted by molar-refractivity contribution is 9.10. The lowest BCUT2D eigenvalue weighted by Crippen LogP contribution is -2.41. The van der Waals surface area contributed by atoms with Gasteiger partial charge in [0.05, 0.1) is 5.56 Å². The molecule has 0 saturated carbocycles. The maximum Gasteiger partial charge on any atom is 0.417 e. The largest absolute Gasteiger partial charge is 0.452 e. The average Bonchev–Trinajstić information content (AvgIpc) is 2.34. The minimum absolute atomic E-state index is 0.0558. The summed E-state index contributed by atoms with van der Waals surface area (Å²) in [7, 11) is 1.46. The summed E-state index contributed by atoms with van der Waals surface area (Å²) in [5.41, 5.74) is -1.71. The number of carbonyl (C=O) groups excluding carboxylic acids is 1. The number of ether oxygens (including phenoxy) is 1. The second-order valence-electron chi connectivity index (χ2n) is 4.99. The smallest absolute Gasteiger partial charge is 0.417 e. The van der Waals surface area contributed by atoms with Crippen molar-refractivity contribution >= 4 is 33.4 Å². The quantitative estimate of drug-likeness (QED) is 0.484. The Morgan fingerprint density at radius 1 is 1.32 bits per heavy atom. The molecule has 4 nitrogen and oxygen atoms in total. The van der Waals surface area contributed by atoms with Crippen LogP contribution in [0, 0.1) is 0 Å². The molecule has 1 aromatic rings. The van der Waals surface area contributed by atoms with Gasteiger partial charge in [0.15, 0.2) is 5.60 Å². The van der Waals surface area contributed by atoms with Crippen LogP contribution in [-0.4, -0.2) is 24.5 Å². The molecule has 0 aliphatic rings. The molecule has 0 spiro atoms. The number of nitrogens with one attached hydrogen (secondary N) is 1. The summed E-state index contributed by atoms with van der Waals surface area (Å²) in [5.74, 6) is -0.280. The highest BCUT2D eigenvalue weighted by atomic mass is 79.9. The van der Waals surface area contributed by atoms with E-state index in [4.69, 9.17) is 4.74 Å². The van der Waals surface area contributed by atoms with Gasteiger partial charge in [0, 0.05) is 24.1 Å². The number of rotatable bonds is 3. The van der Waals surface area contributed by atoms with Crippen molar-refractivity contribution in [1.29, 1.82) is 0 Å². The third kappa shape index (κ3) is 4.72. The number of amidine groups is 1. The van der Waals surface area contributed by atoms with Crippen LogP contribution in [0.5, 0.6) is 0 Å². The third-order valence-corrected chi connectivity index (χ3v) is 3.42. The molecule has 0 fully saturated rings. The lowest BCUT2D eigenvalue weighted by atomic mass is 10.1. The van der Waals surface area contributed by atoms with E-state index < -0.39 is 23.3 Å². The van der Waals surface area contributed by atoms with Crippen LogP contribution in [0.15, 0.2) is 27.7 Å². The second-order valence-corrected chi connectivity index (χ2v) is 5.85. The first-order chi connectivity index (χ1) is 9.97. The summed E-state index contributed by atoms with van der Waals surface area (Å²) < 4.78 is 43.8. The van der Waals surface area contributed by atoms with Gasteiger partial charge < -0.3 is 10.1 Å². The van der Waals surface area contributed by atoms with E-state index in [9.17, 15) is 18.0 Å². The number of carbonyl (C=O) groups is 1. The number of hydrogen-bond acceptors (Lipinski definition) is 3. The van der Waals surface area contributed by atoms with Crippen LogP contribution in [-0.2, 0) is 15.7 Å². The Bertz CT molecular complexity index is 598. The van der Waals surface area contributed by atoms with Gasteiger partial charge in [-0.15, -0.1) is 0 Å². The van der Waals surface area contributed by atoms with Gasteiger partial charge in [0.25, 0.3) is 0 Å². The minimum atomic E-state index is -4.48. The Morgan fingerprint density at radius 2 is 1.91 bits per heavy atom. The van der Waals surface area contributed by atoms with Crippen LogP contribution in [0.25, 0.3) is 0 Å². The summed E-state index contributed by atoms with van der Waals surface area (Å²) in [6, 6.07) is 3.71. The fourth-order valence-electron chi connectivity index (χ4n) is 1.84. The van der Waals surface area contributed by atoms with Crippen LogP contribution in [0.1, 0.15) is 26.3 Å². The zero-order valence-electron chi connectivity index (χ0n) is 12.5. The lowest BCUT2D eigenvalue weighted by Gasteiger charge is -2.27. The summed E-state index contributed by atoms with van der Waals surface area (Å²) >= 11 is 2.87. The van der Waals surface area contributed by atoms with E-state index in [-0.39, 0.29) is 16.0 Å². The predicted octanol–water partition coefficient (Wildman–Crippen LogP) is 4.25. The van der Waals surface area contributed by atoms with Gasteiger partial charge in [0.2, 0.25) is 0 Å². The maximum absolute atomic E-state index is 12.9. The van der Waals surface area contributed by atoms with E-state index >= 15 is 0 Å². The lowest BCUT2D eigenvalue weighted by molar-refractivity contribution is -0.148. The number of nitrogens with zero attached hydrogens (tertiary/aromatic N) is 1. The Balaban J connectivity index is 3.10. The molecule has 1 N–H and O–H groups in total. The van der Waals surface area contributed by atoms with Gasteiger partial charge in [0.1, 0.15) is 5.84 Å². The van der Waals surface area contributed by atoms with E-state index in [1.165, 1.54) is 26.1 Å². The fraction of sp³-hybridized carbons (Fsp3) is 0.429. The normalized spacial score (nSPS) is 13.0. The van der Waals surface area contributed by atoms with Crippen LogP contribution in [0.3, 0.4) is 0 Å². The van der Waals surface area contributed by atoms with Crippen molar-refractivity contribution in [2.45, 2.75) is 32.5 Å². The monoisotopic (exact) mass is 380 g/mol. The number of hydrogen-bond donors (Lipinski definition) is 1. The molecule has 0 unspecified atom stereocenters. The number of anilines is 1. The molecule has 122 valence electrons. The first kappa shape index (κ1) is 18.5. The minimum Gasteiger partial charge on any atom is -0.452 e. The molecule has 0 radical (unpaired) electrons. The zero-order valence-corrected chi connectivity index (χ0v) is 14.1. The average molecular weight is 381 g/mol. The highest BCUT2D eigenvalue weighted by Crippen LogP contribution is 2.36. The Hall–Kier alpha value is -1.57. The number of alkyl halides is 3. The van der Waals surface area contributed by atoms with Gasteiger partial charge in [-0.3, -0.25) is 9.79 Å². The molecule has 0 amide bonds. The Labute approximate surface area is 134 Å². The zero-order chi connectivity index (χ0) is 17.1. The molecule has 0 heterocycles. The summed E-state index contributed by atoms with van der Waals surface area (Å²) in [6.45, 7) is 4.43. The van der Waals surface area contributed by atoms with Crippen LogP contribution < -0.4 is 5.32 Å². The number of halogens is 4. The van der Waals surface area contributed by atoms with E-state index in [0.717, 1.165) is 6.07 Å². The molecule has 0 aliphatic heterocycles. The Morgan fingerprint density at radius 3 is 2.36 bits per heavy atom. The molecule has 22 heavy (non-hydrogen) atoms. The predicted molar refractivity (Wildman–Crippen MR) is 82.0 cm³/mol. The number of esters is 1. The van der Waals surface area contributed by atoms with Gasteiger partial charge in [-0.2, -0.15) is 13.2 Å². The topological polar surface area (TPSA) is 50.7 Å². The molecule has 1 rings (SSSR count). The molecule has 0 bridgehead atoms. The molecule has 0 saturated heterocycles. The van der Waals surface area contributed by atoms with Crippen molar-refractivity contribution in [1.82, 2.24) is 0 Å². The van der Waals surface area contributed by atoms with Crippen LogP contribution in [0.4, 0.5) is 18.9 Å². The molecular formula is C14H16BrF3N2O2. The van der Waals surface area contributed by atoms with Gasteiger partial charge in [-0.05, 0) is 32.0 Å². The van der Waals surface area contributed by atoms with Crippen molar-refractivity contribution < 1.29 is 22.7 Å². The van der Waals surface area contributed by atoms with Crippen molar-refractivity contribution in [3.05, 3.63) is 28.2 Å². The first-order valence-corrected chi connectivity index (χ1v) is 7.07. The third-order valence-electron chi connectivity index (χ3n) is 2.73. The standard InChI is InChI=1S/C14H16BrF3N2O2/c1-8(21)22-13(2,3)12(19-4)20-9-5-6-11(15)10(7-9)14(16,17)18/h5-7H,1-4H3,(H,19,20). The maximum atomic E-state index is 12.9. The van der Waals surface area contributed by atoms with Gasteiger partial charge >= 0.3 is 12.1 Å². The second kappa shape index (κ2) is 6.68. The van der Waals surface area contributed by atoms with Crippen LogP contribution >= 0.6 is 15.9 Å². The van der Waals surface area contributed by atoms with E-state index in [0.29, 0.717) is 0 Å². The summed E-state index contributed by atoms with van der Waals surface area (Å²) in [6.07, 6.45) is -4.48. The van der Waals surface area contributed by atoms with Crippen molar-refractivity contribution in [3.8, 4) is 0 Å². The van der Waals surface area contributed by atoms with E-state index in [1.807, 2.05) is 0 Å². The molecule has 1 aromatic carbocycles. The fourth-order valence-corrected chi connectivity index (χ4v) is 2.31.